The number of fused-ring (bicyclic) bond motifs is 3. The Kier molecular flexibility index (Phi) is 7.80. The molecule has 5 rings (SSSR count). The van der Waals surface area contributed by atoms with Crippen LogP contribution in [0.2, 0.25) is 0 Å². The highest BCUT2D eigenvalue weighted by Crippen LogP contribution is 2.65. The van der Waals surface area contributed by atoms with Crippen LogP contribution in [0.25, 0.3) is 16.9 Å². The van der Waals surface area contributed by atoms with Gasteiger partial charge in [-0.15, -0.1) is 0 Å². The van der Waals surface area contributed by atoms with Gasteiger partial charge in [0.15, 0.2) is 17.2 Å². The molecule has 246 valence electrons. The first-order valence-electron chi connectivity index (χ1n) is 16.3. The summed E-state index contributed by atoms with van der Waals surface area (Å²) in [7, 11) is 0. The van der Waals surface area contributed by atoms with Gasteiger partial charge < -0.3 is 20.4 Å². The summed E-state index contributed by atoms with van der Waals surface area (Å²) in [6, 6.07) is 9.91. The second kappa shape index (κ2) is 10.7. The van der Waals surface area contributed by atoms with Crippen molar-refractivity contribution in [1.82, 2.24) is 0 Å². The van der Waals surface area contributed by atoms with Gasteiger partial charge in [-0.25, -0.2) is 0 Å². The Morgan fingerprint density at radius 2 is 1.59 bits per heavy atom. The summed E-state index contributed by atoms with van der Waals surface area (Å²) in [5.41, 5.74) is -1.58. The van der Waals surface area contributed by atoms with Crippen molar-refractivity contribution in [3.05, 3.63) is 69.5 Å². The van der Waals surface area contributed by atoms with Crippen molar-refractivity contribution in [2.45, 2.75) is 100 Å². The number of phenols is 1. The van der Waals surface area contributed by atoms with Crippen LogP contribution < -0.4 is 0 Å². The van der Waals surface area contributed by atoms with E-state index < -0.39 is 56.8 Å². The molecular formula is C39H48O7. The number of aliphatic hydroxyl groups is 3. The molecule has 3 aliphatic carbocycles. The Morgan fingerprint density at radius 1 is 1.00 bits per heavy atom. The number of aromatic hydroxyl groups is 1. The van der Waals surface area contributed by atoms with Crippen molar-refractivity contribution in [2.24, 2.45) is 28.1 Å². The van der Waals surface area contributed by atoms with Gasteiger partial charge in [-0.1, -0.05) is 86.6 Å². The number of Topliss-reactive ketones (excluding diaryl/α,β-unsaturated/α-hetero) is 3. The van der Waals surface area contributed by atoms with Crippen molar-refractivity contribution >= 4 is 23.1 Å². The summed E-state index contributed by atoms with van der Waals surface area (Å²) < 4.78 is 0. The summed E-state index contributed by atoms with van der Waals surface area (Å²) in [5, 5.41) is 47.7. The van der Waals surface area contributed by atoms with Crippen LogP contribution in [0.5, 0.6) is 5.75 Å². The molecule has 2 aromatic carbocycles. The monoisotopic (exact) mass is 628 g/mol. The molecule has 0 radical (unpaired) electrons. The summed E-state index contributed by atoms with van der Waals surface area (Å²) in [6.07, 6.45) is 1.21. The molecule has 3 aliphatic rings. The molecule has 0 heterocycles. The average molecular weight is 629 g/mol. The summed E-state index contributed by atoms with van der Waals surface area (Å²) >= 11 is 0. The maximum absolute atomic E-state index is 14.7. The Labute approximate surface area is 272 Å². The van der Waals surface area contributed by atoms with Gasteiger partial charge >= 0.3 is 0 Å². The van der Waals surface area contributed by atoms with Crippen molar-refractivity contribution in [2.75, 3.05) is 0 Å². The maximum atomic E-state index is 14.7. The Hall–Kier alpha value is -3.71. The van der Waals surface area contributed by atoms with Gasteiger partial charge in [0.1, 0.15) is 22.8 Å². The molecule has 1 saturated carbocycles. The molecule has 0 saturated heterocycles. The molecule has 0 aromatic heterocycles. The molecule has 7 nitrogen and oxygen atoms in total. The zero-order valence-electron chi connectivity index (χ0n) is 28.8. The number of hydrogen-bond acceptors (Lipinski definition) is 7. The Morgan fingerprint density at radius 3 is 2.09 bits per heavy atom. The van der Waals surface area contributed by atoms with Gasteiger partial charge in [0.2, 0.25) is 5.78 Å². The topological polar surface area (TPSA) is 132 Å². The molecule has 1 unspecified atom stereocenters. The van der Waals surface area contributed by atoms with Crippen molar-refractivity contribution in [3.63, 3.8) is 0 Å². The first kappa shape index (κ1) is 33.6. The van der Waals surface area contributed by atoms with Gasteiger partial charge in [0, 0.05) is 27.9 Å². The lowest BCUT2D eigenvalue weighted by atomic mass is 9.43. The number of benzene rings is 2. The van der Waals surface area contributed by atoms with Crippen molar-refractivity contribution < 1.29 is 34.8 Å². The maximum Gasteiger partial charge on any atom is 0.203 e. The normalized spacial score (nSPS) is 28.1. The number of phenolic OH excluding ortho intramolecular Hbond substituents is 1. The highest BCUT2D eigenvalue weighted by molar-refractivity contribution is 6.24. The van der Waals surface area contributed by atoms with Crippen LogP contribution in [-0.2, 0) is 27.2 Å². The zero-order valence-corrected chi connectivity index (χ0v) is 28.8. The predicted octanol–water partition coefficient (Wildman–Crippen LogP) is 7.57. The fourth-order valence-electron chi connectivity index (χ4n) is 8.96. The van der Waals surface area contributed by atoms with E-state index in [9.17, 15) is 34.8 Å². The molecule has 4 N–H and O–H groups in total. The van der Waals surface area contributed by atoms with Gasteiger partial charge in [-0.05, 0) is 71.8 Å². The van der Waals surface area contributed by atoms with Crippen LogP contribution in [0.3, 0.4) is 0 Å². The second-order valence-electron chi connectivity index (χ2n) is 16.3. The highest BCUT2D eigenvalue weighted by atomic mass is 16.3. The molecule has 1 fully saturated rings. The molecule has 46 heavy (non-hydrogen) atoms. The third-order valence-electron chi connectivity index (χ3n) is 10.7. The summed E-state index contributed by atoms with van der Waals surface area (Å²) in [6.45, 7) is 18.8. The van der Waals surface area contributed by atoms with E-state index >= 15 is 0 Å². The molecule has 7 heteroatoms. The van der Waals surface area contributed by atoms with Crippen LogP contribution in [0, 0.1) is 28.1 Å². The zero-order chi connectivity index (χ0) is 34.5. The fraction of sp³-hybridized carbons (Fsp3) is 0.513. The van der Waals surface area contributed by atoms with E-state index in [1.807, 2.05) is 51.1 Å². The van der Waals surface area contributed by atoms with Gasteiger partial charge in [0.25, 0.3) is 0 Å². The summed E-state index contributed by atoms with van der Waals surface area (Å²) in [5.74, 6) is -5.18. The number of carbonyl (C=O) groups is 3. The van der Waals surface area contributed by atoms with E-state index in [0.29, 0.717) is 11.1 Å². The van der Waals surface area contributed by atoms with Gasteiger partial charge in [-0.3, -0.25) is 14.4 Å². The van der Waals surface area contributed by atoms with Crippen LogP contribution in [0.4, 0.5) is 0 Å². The number of aliphatic hydroxyl groups excluding tert-OH is 2. The number of ketones is 3. The molecule has 0 bridgehead atoms. The van der Waals surface area contributed by atoms with E-state index in [1.54, 1.807) is 20.8 Å². The Bertz CT molecular complexity index is 1730. The SMILES string of the molecule is CC(=O)C1=C(O)[C@]2(O)C(=O)C3=C(O)c4c(O)c(-c5ccc(CC(C)(C)C)cc5)cc(C(C)C)c4C[C@]3(C)C[C@]2(C)C(C(C)C)C1=O. The van der Waals surface area contributed by atoms with E-state index in [-0.39, 0.29) is 47.0 Å². The smallest absolute Gasteiger partial charge is 0.203 e. The first-order chi connectivity index (χ1) is 21.1. The lowest BCUT2D eigenvalue weighted by Crippen LogP contribution is -2.69. The number of allylic oxidation sites excluding steroid dienone is 1. The van der Waals surface area contributed by atoms with Gasteiger partial charge in [-0.2, -0.15) is 0 Å². The molecule has 2 aromatic rings. The third-order valence-corrected chi connectivity index (χ3v) is 10.7. The van der Waals surface area contributed by atoms with E-state index in [2.05, 4.69) is 20.8 Å². The van der Waals surface area contributed by atoms with E-state index in [0.717, 1.165) is 30.0 Å². The fourth-order valence-corrected chi connectivity index (χ4v) is 8.96. The van der Waals surface area contributed by atoms with Crippen LogP contribution >= 0.6 is 0 Å². The minimum atomic E-state index is -2.63. The molecule has 0 amide bonds. The largest absolute Gasteiger partial charge is 0.508 e. The average Bonchev–Trinajstić information content (AvgIpc) is 2.90. The van der Waals surface area contributed by atoms with Gasteiger partial charge in [0.05, 0.1) is 5.56 Å². The van der Waals surface area contributed by atoms with Crippen molar-refractivity contribution in [3.8, 4) is 16.9 Å². The van der Waals surface area contributed by atoms with E-state index in [1.165, 1.54) is 0 Å². The highest BCUT2D eigenvalue weighted by Gasteiger charge is 2.72. The quantitative estimate of drug-likeness (QED) is 0.251. The molecule has 0 aliphatic heterocycles. The minimum Gasteiger partial charge on any atom is -0.508 e. The second-order valence-corrected chi connectivity index (χ2v) is 16.3. The standard InChI is InChI=1S/C39H48O7/c1-19(2)24-15-25(23-13-11-22(12-14-23)16-36(6,7)8)31(41)28-26(24)17-37(9)18-38(10)29(20(3)4)32(42)27(21(5)40)34(44)39(38,46)35(45)30(37)33(28)43/h11-15,19-20,29,41,43-44,46H,16-18H2,1-10H3/t29?,37-,38-,39+/m1/s1. The lowest BCUT2D eigenvalue weighted by Gasteiger charge is -2.60. The lowest BCUT2D eigenvalue weighted by molar-refractivity contribution is -0.178. The Balaban J connectivity index is 1.78. The van der Waals surface area contributed by atoms with E-state index in [4.69, 9.17) is 0 Å². The number of hydrogen-bond donors (Lipinski definition) is 4. The number of carbonyl (C=O) groups excluding carboxylic acids is 3. The predicted molar refractivity (Wildman–Crippen MR) is 179 cm³/mol. The minimum absolute atomic E-state index is 0.00259. The third kappa shape index (κ3) is 4.68. The van der Waals surface area contributed by atoms with Crippen molar-refractivity contribution in [1.29, 1.82) is 0 Å². The first-order valence-corrected chi connectivity index (χ1v) is 16.3. The molecule has 4 atom stereocenters. The summed E-state index contributed by atoms with van der Waals surface area (Å²) in [4.78, 5) is 41.1. The number of rotatable bonds is 5. The van der Waals surface area contributed by atoms with Crippen LogP contribution in [-0.4, -0.2) is 43.4 Å². The molecule has 0 spiro atoms. The van der Waals surface area contributed by atoms with Crippen LogP contribution in [0.15, 0.2) is 47.2 Å². The van der Waals surface area contributed by atoms with Crippen LogP contribution in [0.1, 0.15) is 104 Å². The molecular weight excluding hydrogens is 580 g/mol.